The van der Waals surface area contributed by atoms with E-state index in [0.29, 0.717) is 29.1 Å². The van der Waals surface area contributed by atoms with Crippen LogP contribution in [0.4, 0.5) is 5.95 Å². The smallest absolute Gasteiger partial charge is 0.272 e. The van der Waals surface area contributed by atoms with Gasteiger partial charge in [-0.1, -0.05) is 37.7 Å². The van der Waals surface area contributed by atoms with Crippen molar-refractivity contribution in [2.24, 2.45) is 0 Å². The lowest BCUT2D eigenvalue weighted by Crippen LogP contribution is -2.68. The van der Waals surface area contributed by atoms with Gasteiger partial charge in [-0.05, 0) is 36.3 Å². The Bertz CT molecular complexity index is 1240. The number of aliphatic hydroxyl groups is 3. The SMILES string of the molecule is [B]C1(O)COCC(O)(O)N1C1=CC=C(Nc2nncc(/C(=C/C=C(\C=C)C(=O)NCC#C)CC)n2)C=CC1. The molecule has 1 aromatic heterocycles. The van der Waals surface area contributed by atoms with Gasteiger partial charge in [-0.15, -0.1) is 11.5 Å². The van der Waals surface area contributed by atoms with Gasteiger partial charge in [-0.2, -0.15) is 5.10 Å². The molecule has 1 amide bonds. The molecule has 1 atom stereocenters. The number of morpholine rings is 1. The van der Waals surface area contributed by atoms with Crippen LogP contribution in [-0.2, 0) is 9.53 Å². The Kier molecular flexibility index (Phi) is 9.38. The molecule has 3 rings (SSSR count). The molecule has 1 saturated heterocycles. The number of carbonyl (C=O) groups excluding carboxylic acids is 1. The molecular formula is C26H29BN6O5. The predicted molar refractivity (Wildman–Crippen MR) is 142 cm³/mol. The van der Waals surface area contributed by atoms with Gasteiger partial charge in [0.15, 0.2) is 0 Å². The number of terminal acetylenes is 1. The van der Waals surface area contributed by atoms with Crippen LogP contribution in [-0.4, -0.2) is 80.4 Å². The van der Waals surface area contributed by atoms with E-state index in [0.717, 1.165) is 10.5 Å². The summed E-state index contributed by atoms with van der Waals surface area (Å²) in [6, 6.07) is 0. The molecule has 5 N–H and O–H groups in total. The highest BCUT2D eigenvalue weighted by Gasteiger charge is 2.47. The van der Waals surface area contributed by atoms with E-state index >= 15 is 0 Å². The molecule has 12 heteroatoms. The molecule has 1 aromatic rings. The third kappa shape index (κ3) is 7.05. The molecular weight excluding hydrogens is 487 g/mol. The minimum atomic E-state index is -2.49. The third-order valence-corrected chi connectivity index (χ3v) is 5.54. The lowest BCUT2D eigenvalue weighted by Gasteiger charge is -2.50. The fourth-order valence-electron chi connectivity index (χ4n) is 3.81. The molecule has 1 unspecified atom stereocenters. The maximum absolute atomic E-state index is 12.2. The van der Waals surface area contributed by atoms with Gasteiger partial charge in [0.05, 0.1) is 25.0 Å². The number of nitrogens with zero attached hydrogens (tertiary/aromatic N) is 4. The van der Waals surface area contributed by atoms with E-state index in [4.69, 9.17) is 19.0 Å². The Morgan fingerprint density at radius 1 is 1.34 bits per heavy atom. The molecule has 0 spiro atoms. The number of amides is 1. The number of allylic oxidation sites excluding steroid dienone is 7. The Balaban J connectivity index is 1.82. The second-order valence-corrected chi connectivity index (χ2v) is 8.42. The first-order valence-electron chi connectivity index (χ1n) is 11.7. The fourth-order valence-corrected chi connectivity index (χ4v) is 3.81. The predicted octanol–water partition coefficient (Wildman–Crippen LogP) is 0.452. The van der Waals surface area contributed by atoms with E-state index in [1.165, 1.54) is 12.3 Å². The Labute approximate surface area is 222 Å². The first-order valence-corrected chi connectivity index (χ1v) is 11.7. The van der Waals surface area contributed by atoms with Crippen molar-refractivity contribution < 1.29 is 24.9 Å². The second kappa shape index (κ2) is 12.5. The lowest BCUT2D eigenvalue weighted by molar-refractivity contribution is -0.350. The van der Waals surface area contributed by atoms with Gasteiger partial charge in [-0.25, -0.2) is 4.98 Å². The van der Waals surface area contributed by atoms with E-state index in [1.807, 2.05) is 6.92 Å². The topological polar surface area (TPSA) is 153 Å². The molecule has 0 aromatic carbocycles. The first-order chi connectivity index (χ1) is 18.1. The van der Waals surface area contributed by atoms with E-state index in [-0.39, 0.29) is 31.4 Å². The molecule has 2 radical (unpaired) electrons. The summed E-state index contributed by atoms with van der Waals surface area (Å²) in [6.45, 7) is 4.98. The largest absolute Gasteiger partial charge is 0.378 e. The van der Waals surface area contributed by atoms with Crippen LogP contribution in [0, 0.1) is 12.3 Å². The van der Waals surface area contributed by atoms with E-state index in [2.05, 4.69) is 38.3 Å². The van der Waals surface area contributed by atoms with Crippen molar-refractivity contribution in [2.75, 3.05) is 25.1 Å². The van der Waals surface area contributed by atoms with E-state index in [1.54, 1.807) is 36.5 Å². The summed E-state index contributed by atoms with van der Waals surface area (Å²) in [7, 11) is 5.85. The molecule has 0 bridgehead atoms. The highest BCUT2D eigenvalue weighted by Crippen LogP contribution is 2.31. The number of hydrogen-bond acceptors (Lipinski definition) is 10. The number of aromatic nitrogens is 3. The van der Waals surface area contributed by atoms with Crippen LogP contribution in [0.2, 0.25) is 0 Å². The quantitative estimate of drug-likeness (QED) is 0.103. The third-order valence-electron chi connectivity index (χ3n) is 5.54. The molecule has 1 fully saturated rings. The van der Waals surface area contributed by atoms with Crippen molar-refractivity contribution >= 4 is 25.3 Å². The number of carbonyl (C=O) groups is 1. The van der Waals surface area contributed by atoms with Gasteiger partial charge in [0, 0.05) is 23.4 Å². The van der Waals surface area contributed by atoms with Crippen molar-refractivity contribution in [3.05, 3.63) is 78.0 Å². The zero-order valence-electron chi connectivity index (χ0n) is 21.0. The number of nitrogens with one attached hydrogen (secondary N) is 2. The van der Waals surface area contributed by atoms with Crippen LogP contribution in [0.25, 0.3) is 5.57 Å². The molecule has 1 aliphatic heterocycles. The summed E-state index contributed by atoms with van der Waals surface area (Å²) in [5.74, 6) is -0.256. The van der Waals surface area contributed by atoms with Gasteiger partial charge in [0.25, 0.3) is 11.8 Å². The average Bonchev–Trinajstić information content (AvgIpc) is 3.09. The standard InChI is InChI=1S/C26H29BN6O5/c1-4-14-28-23(34)19(6-3)11-10-18(5-2)22-15-29-32-24(31-22)30-20-8-7-9-21(13-12-20)33-25(27,35)16-38-17-26(33,36)37/h1,6-8,10-13,15,35-37H,3,5,9,14,16-17H2,2H3,(H,28,34)(H,30,31,32)/b18-10+,19-11+. The summed E-state index contributed by atoms with van der Waals surface area (Å²) < 4.78 is 5.00. The minimum absolute atomic E-state index is 0.112. The van der Waals surface area contributed by atoms with Crippen molar-refractivity contribution in [3.63, 3.8) is 0 Å². The molecule has 2 aliphatic rings. The lowest BCUT2D eigenvalue weighted by atomic mass is 9.87. The Morgan fingerprint density at radius 2 is 2.13 bits per heavy atom. The normalized spacial score (nSPS) is 21.5. The highest BCUT2D eigenvalue weighted by molar-refractivity contribution is 6.14. The van der Waals surface area contributed by atoms with Gasteiger partial charge >= 0.3 is 0 Å². The van der Waals surface area contributed by atoms with Crippen molar-refractivity contribution in [1.29, 1.82) is 0 Å². The molecule has 11 nitrogen and oxygen atoms in total. The summed E-state index contributed by atoms with van der Waals surface area (Å²) in [5.41, 5.74) is 0.528. The number of ether oxygens (including phenoxy) is 1. The molecule has 1 aliphatic carbocycles. The van der Waals surface area contributed by atoms with Gasteiger partial charge in [0.1, 0.15) is 20.1 Å². The van der Waals surface area contributed by atoms with Crippen LogP contribution in [0.3, 0.4) is 0 Å². The highest BCUT2D eigenvalue weighted by atomic mass is 16.6. The van der Waals surface area contributed by atoms with Crippen LogP contribution >= 0.6 is 0 Å². The summed E-state index contributed by atoms with van der Waals surface area (Å²) in [6.07, 6.45) is 19.1. The van der Waals surface area contributed by atoms with E-state index < -0.39 is 18.1 Å². The first kappa shape index (κ1) is 28.6. The number of hydrogen-bond donors (Lipinski definition) is 5. The maximum atomic E-state index is 12.2. The molecule has 0 saturated carbocycles. The zero-order valence-corrected chi connectivity index (χ0v) is 21.0. The Hall–Kier alpha value is -4.02. The van der Waals surface area contributed by atoms with Crippen molar-refractivity contribution in [2.45, 2.75) is 31.3 Å². The monoisotopic (exact) mass is 516 g/mol. The molecule has 196 valence electrons. The Morgan fingerprint density at radius 3 is 2.82 bits per heavy atom. The second-order valence-electron chi connectivity index (χ2n) is 8.42. The number of rotatable bonds is 9. The van der Waals surface area contributed by atoms with Crippen LogP contribution < -0.4 is 10.6 Å². The van der Waals surface area contributed by atoms with Crippen molar-refractivity contribution in [3.8, 4) is 12.3 Å². The van der Waals surface area contributed by atoms with Crippen LogP contribution in [0.5, 0.6) is 0 Å². The van der Waals surface area contributed by atoms with Gasteiger partial charge in [0.2, 0.25) is 5.95 Å². The van der Waals surface area contributed by atoms with Crippen LogP contribution in [0.15, 0.2) is 72.3 Å². The summed E-state index contributed by atoms with van der Waals surface area (Å²) >= 11 is 0. The molecule has 2 heterocycles. The maximum Gasteiger partial charge on any atom is 0.272 e. The van der Waals surface area contributed by atoms with Crippen LogP contribution in [0.1, 0.15) is 25.5 Å². The zero-order chi connectivity index (χ0) is 27.8. The summed E-state index contributed by atoms with van der Waals surface area (Å²) in [4.78, 5) is 17.6. The van der Waals surface area contributed by atoms with E-state index in [9.17, 15) is 20.1 Å². The van der Waals surface area contributed by atoms with Crippen molar-refractivity contribution in [1.82, 2.24) is 25.4 Å². The molecule has 38 heavy (non-hydrogen) atoms. The number of anilines is 1. The summed E-state index contributed by atoms with van der Waals surface area (Å²) in [5, 5.41) is 44.8. The fraction of sp³-hybridized carbons (Fsp3) is 0.308. The average molecular weight is 516 g/mol. The van der Waals surface area contributed by atoms with Gasteiger partial charge in [-0.3, -0.25) is 4.79 Å². The minimum Gasteiger partial charge on any atom is -0.378 e. The van der Waals surface area contributed by atoms with Gasteiger partial charge < -0.3 is 35.6 Å².